The average Bonchev–Trinajstić information content (AvgIpc) is 2.45. The zero-order valence-electron chi connectivity index (χ0n) is 12.1. The third-order valence-electron chi connectivity index (χ3n) is 4.12. The van der Waals surface area contributed by atoms with E-state index in [1.165, 1.54) is 0 Å². The quantitative estimate of drug-likeness (QED) is 0.871. The van der Waals surface area contributed by atoms with Gasteiger partial charge in [-0.2, -0.15) is 0 Å². The summed E-state index contributed by atoms with van der Waals surface area (Å²) in [6.45, 7) is 2.60. The van der Waals surface area contributed by atoms with E-state index < -0.39 is 5.97 Å². The number of rotatable bonds is 4. The van der Waals surface area contributed by atoms with Crippen LogP contribution in [0.5, 0.6) is 0 Å². The lowest BCUT2D eigenvalue weighted by molar-refractivity contribution is -0.143. The van der Waals surface area contributed by atoms with Crippen LogP contribution >= 0.6 is 15.9 Å². The summed E-state index contributed by atoms with van der Waals surface area (Å²) in [4.78, 5) is 23.1. The van der Waals surface area contributed by atoms with Gasteiger partial charge in [0.05, 0.1) is 11.5 Å². The fourth-order valence-corrected chi connectivity index (χ4v) is 3.42. The van der Waals surface area contributed by atoms with E-state index in [1.807, 2.05) is 25.1 Å². The molecule has 0 unspecified atom stereocenters. The van der Waals surface area contributed by atoms with Crippen LogP contribution in [0.15, 0.2) is 22.7 Å². The fourth-order valence-electron chi connectivity index (χ4n) is 2.75. The van der Waals surface area contributed by atoms with Crippen molar-refractivity contribution >= 4 is 27.8 Å². The molecule has 1 aliphatic rings. The number of amides is 1. The number of carbonyl (C=O) groups is 2. The van der Waals surface area contributed by atoms with E-state index in [-0.39, 0.29) is 11.8 Å². The maximum absolute atomic E-state index is 12.2. The van der Waals surface area contributed by atoms with Crippen LogP contribution in [-0.2, 0) is 4.79 Å². The highest BCUT2D eigenvalue weighted by Crippen LogP contribution is 2.28. The topological polar surface area (TPSA) is 66.4 Å². The van der Waals surface area contributed by atoms with E-state index in [0.29, 0.717) is 30.9 Å². The molecule has 0 saturated heterocycles. The van der Waals surface area contributed by atoms with Gasteiger partial charge in [0.25, 0.3) is 5.91 Å². The molecule has 0 radical (unpaired) electrons. The number of carbonyl (C=O) groups excluding carboxylic acids is 1. The summed E-state index contributed by atoms with van der Waals surface area (Å²) < 4.78 is 0.801. The molecule has 0 aromatic heterocycles. The van der Waals surface area contributed by atoms with Crippen molar-refractivity contribution in [2.24, 2.45) is 11.8 Å². The molecule has 0 bridgehead atoms. The number of hydrogen-bond donors (Lipinski definition) is 2. The summed E-state index contributed by atoms with van der Waals surface area (Å²) in [5, 5.41) is 11.9. The molecule has 1 saturated carbocycles. The summed E-state index contributed by atoms with van der Waals surface area (Å²) in [7, 11) is 0. The number of benzene rings is 1. The Labute approximate surface area is 133 Å². The lowest BCUT2D eigenvalue weighted by Gasteiger charge is -2.26. The largest absolute Gasteiger partial charge is 0.481 e. The van der Waals surface area contributed by atoms with E-state index >= 15 is 0 Å². The minimum absolute atomic E-state index is 0.0813. The van der Waals surface area contributed by atoms with Gasteiger partial charge in [0.15, 0.2) is 0 Å². The van der Waals surface area contributed by atoms with Crippen molar-refractivity contribution < 1.29 is 14.7 Å². The van der Waals surface area contributed by atoms with Crippen LogP contribution < -0.4 is 5.32 Å². The molecule has 0 spiro atoms. The molecule has 0 heterocycles. The molecule has 1 aromatic rings. The third kappa shape index (κ3) is 4.30. The summed E-state index contributed by atoms with van der Waals surface area (Å²) in [6, 6.07) is 5.65. The normalized spacial score (nSPS) is 21.8. The van der Waals surface area contributed by atoms with Gasteiger partial charge in [-0.3, -0.25) is 9.59 Å². The second-order valence-electron chi connectivity index (χ2n) is 5.75. The van der Waals surface area contributed by atoms with E-state index in [2.05, 4.69) is 21.2 Å². The number of aliphatic carboxylic acids is 1. The van der Waals surface area contributed by atoms with Crippen molar-refractivity contribution in [3.05, 3.63) is 33.8 Å². The first kappa shape index (κ1) is 16.0. The maximum atomic E-state index is 12.2. The Hall–Kier alpha value is -1.36. The molecule has 21 heavy (non-hydrogen) atoms. The van der Waals surface area contributed by atoms with Crippen LogP contribution in [0.1, 0.15) is 41.6 Å². The molecule has 0 atom stereocenters. The van der Waals surface area contributed by atoms with E-state index in [4.69, 9.17) is 5.11 Å². The standard InChI is InChI=1S/C16H20BrNO3/c1-10-2-7-13(14(17)8-10)15(19)18-9-11-3-5-12(6-4-11)16(20)21/h2,7-8,11-12H,3-6,9H2,1H3,(H,18,19)(H,20,21). The van der Waals surface area contributed by atoms with Crippen LogP contribution in [0.4, 0.5) is 0 Å². The van der Waals surface area contributed by atoms with Crippen LogP contribution in [-0.4, -0.2) is 23.5 Å². The van der Waals surface area contributed by atoms with Gasteiger partial charge >= 0.3 is 5.97 Å². The number of nitrogens with one attached hydrogen (secondary N) is 1. The predicted octanol–water partition coefficient (Wildman–Crippen LogP) is 3.38. The van der Waals surface area contributed by atoms with Gasteiger partial charge in [-0.25, -0.2) is 0 Å². The zero-order valence-corrected chi connectivity index (χ0v) is 13.6. The second-order valence-corrected chi connectivity index (χ2v) is 6.60. The molecule has 1 amide bonds. The van der Waals surface area contributed by atoms with Gasteiger partial charge in [-0.15, -0.1) is 0 Å². The Bertz CT molecular complexity index is 536. The van der Waals surface area contributed by atoms with Gasteiger partial charge in [0.1, 0.15) is 0 Å². The minimum atomic E-state index is -0.693. The predicted molar refractivity (Wildman–Crippen MR) is 84.3 cm³/mol. The molecule has 2 N–H and O–H groups in total. The average molecular weight is 354 g/mol. The molecule has 114 valence electrons. The molecule has 1 aromatic carbocycles. The molecule has 5 heteroatoms. The number of carboxylic acid groups (broad SMARTS) is 1. The van der Waals surface area contributed by atoms with Crippen LogP contribution in [0.3, 0.4) is 0 Å². The highest BCUT2D eigenvalue weighted by atomic mass is 79.9. The minimum Gasteiger partial charge on any atom is -0.481 e. The van der Waals surface area contributed by atoms with Gasteiger partial charge in [0.2, 0.25) is 0 Å². The lowest BCUT2D eigenvalue weighted by Crippen LogP contribution is -2.32. The van der Waals surface area contributed by atoms with Gasteiger partial charge in [-0.1, -0.05) is 6.07 Å². The Morgan fingerprint density at radius 1 is 1.29 bits per heavy atom. The van der Waals surface area contributed by atoms with Crippen LogP contribution in [0, 0.1) is 18.8 Å². The van der Waals surface area contributed by atoms with Gasteiger partial charge < -0.3 is 10.4 Å². The Balaban J connectivity index is 1.83. The molecule has 1 fully saturated rings. The Morgan fingerprint density at radius 3 is 2.52 bits per heavy atom. The van der Waals surface area contributed by atoms with E-state index in [1.54, 1.807) is 0 Å². The number of carboxylic acids is 1. The summed E-state index contributed by atoms with van der Waals surface area (Å²) in [6.07, 6.45) is 3.16. The van der Waals surface area contributed by atoms with Crippen molar-refractivity contribution in [2.45, 2.75) is 32.6 Å². The molecule has 2 rings (SSSR count). The fraction of sp³-hybridized carbons (Fsp3) is 0.500. The smallest absolute Gasteiger partial charge is 0.306 e. The monoisotopic (exact) mass is 353 g/mol. The van der Waals surface area contributed by atoms with Crippen LogP contribution in [0.2, 0.25) is 0 Å². The van der Waals surface area contributed by atoms with E-state index in [9.17, 15) is 9.59 Å². The number of hydrogen-bond acceptors (Lipinski definition) is 2. The first-order valence-electron chi connectivity index (χ1n) is 7.24. The summed E-state index contributed by atoms with van der Waals surface area (Å²) in [5.41, 5.74) is 1.74. The first-order chi connectivity index (χ1) is 9.97. The molecule has 4 nitrogen and oxygen atoms in total. The van der Waals surface area contributed by atoms with Gasteiger partial charge in [-0.05, 0) is 72.2 Å². The van der Waals surface area contributed by atoms with E-state index in [0.717, 1.165) is 22.9 Å². The Kier molecular flexibility index (Phi) is 5.39. The number of aryl methyl sites for hydroxylation is 1. The maximum Gasteiger partial charge on any atom is 0.306 e. The highest BCUT2D eigenvalue weighted by Gasteiger charge is 2.26. The first-order valence-corrected chi connectivity index (χ1v) is 8.04. The van der Waals surface area contributed by atoms with Crippen molar-refractivity contribution in [1.82, 2.24) is 5.32 Å². The third-order valence-corrected chi connectivity index (χ3v) is 4.77. The highest BCUT2D eigenvalue weighted by molar-refractivity contribution is 9.10. The SMILES string of the molecule is Cc1ccc(C(=O)NCC2CCC(C(=O)O)CC2)c(Br)c1. The van der Waals surface area contributed by atoms with Crippen molar-refractivity contribution in [3.63, 3.8) is 0 Å². The second kappa shape index (κ2) is 7.07. The molecular weight excluding hydrogens is 334 g/mol. The zero-order chi connectivity index (χ0) is 15.4. The number of halogens is 1. The van der Waals surface area contributed by atoms with Crippen molar-refractivity contribution in [2.75, 3.05) is 6.54 Å². The summed E-state index contributed by atoms with van der Waals surface area (Å²) in [5.74, 6) is -0.597. The van der Waals surface area contributed by atoms with Crippen molar-refractivity contribution in [1.29, 1.82) is 0 Å². The summed E-state index contributed by atoms with van der Waals surface area (Å²) >= 11 is 3.41. The Morgan fingerprint density at radius 2 is 1.95 bits per heavy atom. The van der Waals surface area contributed by atoms with Crippen LogP contribution in [0.25, 0.3) is 0 Å². The molecule has 0 aliphatic heterocycles. The molecule has 1 aliphatic carbocycles. The molecular formula is C16H20BrNO3. The van der Waals surface area contributed by atoms with Gasteiger partial charge in [0, 0.05) is 11.0 Å². The van der Waals surface area contributed by atoms with Crippen molar-refractivity contribution in [3.8, 4) is 0 Å². The lowest BCUT2D eigenvalue weighted by atomic mass is 9.82.